The molecule has 1 rings (SSSR count). The Bertz CT molecular complexity index is 482. The van der Waals surface area contributed by atoms with Crippen LogP contribution in [-0.2, 0) is 0 Å². The minimum absolute atomic E-state index is 0.0502. The molecule has 17 heavy (non-hydrogen) atoms. The summed E-state index contributed by atoms with van der Waals surface area (Å²) in [5.41, 5.74) is 8.22. The highest BCUT2D eigenvalue weighted by Crippen LogP contribution is 2.40. The Hall–Kier alpha value is -1.05. The first-order valence-corrected chi connectivity index (χ1v) is 5.88. The number of nitrogens with two attached hydrogens (primary N) is 1. The van der Waals surface area contributed by atoms with E-state index in [0.717, 1.165) is 0 Å². The molecule has 0 radical (unpaired) electrons. The van der Waals surface area contributed by atoms with E-state index in [0.29, 0.717) is 10.0 Å². The average Bonchev–Trinajstić information content (AvgIpc) is 2.29. The van der Waals surface area contributed by atoms with Gasteiger partial charge in [-0.1, -0.05) is 11.6 Å². The summed E-state index contributed by atoms with van der Waals surface area (Å²) in [4.78, 5) is 0. The molecule has 0 saturated heterocycles. The summed E-state index contributed by atoms with van der Waals surface area (Å²) >= 11 is 13.7. The lowest BCUT2D eigenvalue weighted by Gasteiger charge is -2.09. The number of thiocarbonyl (C=S) groups is 1. The zero-order valence-corrected chi connectivity index (χ0v) is 11.9. The number of hydrazone groups is 1. The Morgan fingerprint density at radius 2 is 2.41 bits per heavy atom. The van der Waals surface area contributed by atoms with Crippen LogP contribution in [-0.4, -0.2) is 23.5 Å². The fourth-order valence-electron chi connectivity index (χ4n) is 1.03. The summed E-state index contributed by atoms with van der Waals surface area (Å²) in [7, 11) is 1.42. The van der Waals surface area contributed by atoms with Gasteiger partial charge in [0.25, 0.3) is 0 Å². The number of nitrogens with zero attached hydrogens (tertiary/aromatic N) is 1. The Labute approximate surface area is 117 Å². The van der Waals surface area contributed by atoms with Gasteiger partial charge in [-0.05, 0) is 34.2 Å². The van der Waals surface area contributed by atoms with Crippen molar-refractivity contribution in [1.29, 1.82) is 0 Å². The van der Waals surface area contributed by atoms with E-state index in [1.807, 2.05) is 0 Å². The number of halogens is 2. The van der Waals surface area contributed by atoms with Gasteiger partial charge < -0.3 is 15.6 Å². The fraction of sp³-hybridized carbons (Fsp3) is 0.111. The van der Waals surface area contributed by atoms with Crippen molar-refractivity contribution in [3.63, 3.8) is 0 Å². The normalized spacial score (nSPS) is 10.5. The van der Waals surface area contributed by atoms with Gasteiger partial charge in [0, 0.05) is 10.0 Å². The highest BCUT2D eigenvalue weighted by Gasteiger charge is 2.13. The van der Waals surface area contributed by atoms with Gasteiger partial charge in [0.1, 0.15) is 5.02 Å². The van der Waals surface area contributed by atoms with Gasteiger partial charge in [-0.15, -0.1) is 0 Å². The zero-order valence-electron chi connectivity index (χ0n) is 8.70. The van der Waals surface area contributed by atoms with Crippen molar-refractivity contribution in [2.24, 2.45) is 10.8 Å². The second-order valence-electron chi connectivity index (χ2n) is 2.88. The fourth-order valence-corrected chi connectivity index (χ4v) is 1.69. The van der Waals surface area contributed by atoms with E-state index in [1.165, 1.54) is 13.3 Å². The molecule has 1 aromatic carbocycles. The van der Waals surface area contributed by atoms with Gasteiger partial charge in [0.05, 0.1) is 13.3 Å². The van der Waals surface area contributed by atoms with Crippen molar-refractivity contribution >= 4 is 51.1 Å². The Balaban J connectivity index is 3.12. The van der Waals surface area contributed by atoms with E-state index in [-0.39, 0.29) is 21.6 Å². The number of methoxy groups -OCH3 is 1. The molecule has 0 bridgehead atoms. The maximum Gasteiger partial charge on any atom is 0.184 e. The second kappa shape index (κ2) is 6.04. The van der Waals surface area contributed by atoms with Crippen LogP contribution < -0.4 is 15.9 Å². The molecule has 1 aromatic rings. The summed E-state index contributed by atoms with van der Waals surface area (Å²) < 4.78 is 5.45. The first kappa shape index (κ1) is 14.0. The molecule has 0 amide bonds. The smallest absolute Gasteiger partial charge is 0.184 e. The van der Waals surface area contributed by atoms with Crippen LogP contribution in [0.25, 0.3) is 0 Å². The van der Waals surface area contributed by atoms with E-state index >= 15 is 0 Å². The highest BCUT2D eigenvalue weighted by molar-refractivity contribution is 9.10. The molecule has 0 aliphatic carbocycles. The molecule has 0 aliphatic heterocycles. The van der Waals surface area contributed by atoms with Crippen LogP contribution in [0.1, 0.15) is 5.56 Å². The minimum atomic E-state index is -0.138. The second-order valence-corrected chi connectivity index (χ2v) is 4.49. The number of phenols is 1. The van der Waals surface area contributed by atoms with E-state index in [9.17, 15) is 5.11 Å². The van der Waals surface area contributed by atoms with Crippen LogP contribution in [0.5, 0.6) is 11.5 Å². The van der Waals surface area contributed by atoms with Crippen LogP contribution >= 0.6 is 39.7 Å². The zero-order chi connectivity index (χ0) is 13.0. The summed E-state index contributed by atoms with van der Waals surface area (Å²) in [6.07, 6.45) is 1.44. The lowest BCUT2D eigenvalue weighted by molar-refractivity contribution is 0.373. The highest BCUT2D eigenvalue weighted by atomic mass is 79.9. The first-order valence-electron chi connectivity index (χ1n) is 4.30. The van der Waals surface area contributed by atoms with Gasteiger partial charge >= 0.3 is 0 Å². The SMILES string of the molecule is COc1cc(C=NNC(N)=S)c(Br)c(Cl)c1O. The Morgan fingerprint density at radius 3 is 2.94 bits per heavy atom. The Morgan fingerprint density at radius 1 is 1.76 bits per heavy atom. The summed E-state index contributed by atoms with van der Waals surface area (Å²) in [5.74, 6) is 0.107. The van der Waals surface area contributed by atoms with Crippen molar-refractivity contribution in [3.8, 4) is 11.5 Å². The van der Waals surface area contributed by atoms with Gasteiger partial charge in [-0.25, -0.2) is 0 Å². The predicted octanol–water partition coefficient (Wildman–Crippen LogP) is 1.98. The van der Waals surface area contributed by atoms with Crippen molar-refractivity contribution in [1.82, 2.24) is 5.43 Å². The van der Waals surface area contributed by atoms with Crippen molar-refractivity contribution in [2.75, 3.05) is 7.11 Å². The third kappa shape index (κ3) is 3.45. The van der Waals surface area contributed by atoms with Crippen LogP contribution in [0, 0.1) is 0 Å². The lowest BCUT2D eigenvalue weighted by atomic mass is 10.2. The predicted molar refractivity (Wildman–Crippen MR) is 74.9 cm³/mol. The average molecular weight is 339 g/mol. The molecule has 0 fully saturated rings. The van der Waals surface area contributed by atoms with Crippen LogP contribution in [0.15, 0.2) is 15.6 Å². The summed E-state index contributed by atoms with van der Waals surface area (Å²) in [6.45, 7) is 0. The third-order valence-corrected chi connectivity index (χ3v) is 3.31. The number of nitrogens with one attached hydrogen (secondary N) is 1. The van der Waals surface area contributed by atoms with E-state index in [1.54, 1.807) is 6.07 Å². The molecule has 92 valence electrons. The number of hydrogen-bond acceptors (Lipinski definition) is 4. The molecule has 4 N–H and O–H groups in total. The number of ether oxygens (including phenoxy) is 1. The van der Waals surface area contributed by atoms with E-state index in [4.69, 9.17) is 22.1 Å². The summed E-state index contributed by atoms with van der Waals surface area (Å²) in [5, 5.41) is 13.6. The van der Waals surface area contributed by atoms with Crippen LogP contribution in [0.3, 0.4) is 0 Å². The molecule has 0 unspecified atom stereocenters. The van der Waals surface area contributed by atoms with E-state index in [2.05, 4.69) is 38.7 Å². The van der Waals surface area contributed by atoms with Crippen molar-refractivity contribution < 1.29 is 9.84 Å². The lowest BCUT2D eigenvalue weighted by Crippen LogP contribution is -2.24. The standard InChI is InChI=1S/C9H9BrClN3O2S/c1-16-5-2-4(3-13-14-9(12)17)6(10)7(11)8(5)15/h2-3,15H,1H3,(H3,12,14,17). The van der Waals surface area contributed by atoms with Gasteiger partial charge in [0.15, 0.2) is 16.6 Å². The molecule has 5 nitrogen and oxygen atoms in total. The maximum absolute atomic E-state index is 9.63. The molecule has 8 heteroatoms. The molecule has 0 spiro atoms. The maximum atomic E-state index is 9.63. The molecule has 0 aromatic heterocycles. The topological polar surface area (TPSA) is 79.9 Å². The third-order valence-electron chi connectivity index (χ3n) is 1.77. The monoisotopic (exact) mass is 337 g/mol. The number of aromatic hydroxyl groups is 1. The Kier molecular flexibility index (Phi) is 4.98. The van der Waals surface area contributed by atoms with E-state index < -0.39 is 0 Å². The first-order chi connectivity index (χ1) is 7.97. The summed E-state index contributed by atoms with van der Waals surface area (Å²) in [6, 6.07) is 1.57. The number of rotatable bonds is 3. The number of hydrogen-bond donors (Lipinski definition) is 3. The molecule has 0 heterocycles. The number of phenolic OH excluding ortho intramolecular Hbond substituents is 1. The largest absolute Gasteiger partial charge is 0.503 e. The van der Waals surface area contributed by atoms with Crippen LogP contribution in [0.4, 0.5) is 0 Å². The molecular weight excluding hydrogens is 330 g/mol. The molecule has 0 saturated carbocycles. The van der Waals surface area contributed by atoms with Crippen LogP contribution in [0.2, 0.25) is 5.02 Å². The quantitative estimate of drug-likeness (QED) is 0.446. The van der Waals surface area contributed by atoms with Crippen molar-refractivity contribution in [2.45, 2.75) is 0 Å². The van der Waals surface area contributed by atoms with Gasteiger partial charge in [-0.2, -0.15) is 5.10 Å². The molecule has 0 atom stereocenters. The molecular formula is C9H9BrClN3O2S. The van der Waals surface area contributed by atoms with Crippen molar-refractivity contribution in [3.05, 3.63) is 21.1 Å². The number of benzene rings is 1. The molecule has 0 aliphatic rings. The van der Waals surface area contributed by atoms with Gasteiger partial charge in [-0.3, -0.25) is 5.43 Å². The van der Waals surface area contributed by atoms with Gasteiger partial charge in [0.2, 0.25) is 0 Å². The minimum Gasteiger partial charge on any atom is -0.503 e.